The second kappa shape index (κ2) is 2.84. The van der Waals surface area contributed by atoms with Crippen molar-refractivity contribution in [3.8, 4) is 0 Å². The SMILES string of the molecule is COC1=CC(=O)CN(C)C1. The number of likely N-dealkylation sites (N-methyl/N-ethyl adjacent to an activating group) is 1. The molecule has 1 aliphatic heterocycles. The van der Waals surface area contributed by atoms with Gasteiger partial charge in [0.2, 0.25) is 0 Å². The molecule has 0 bridgehead atoms. The molecule has 1 heterocycles. The molecule has 0 aromatic heterocycles. The molecule has 0 aromatic rings. The summed E-state index contributed by atoms with van der Waals surface area (Å²) in [4.78, 5) is 12.8. The Morgan fingerprint density at radius 3 is 2.80 bits per heavy atom. The van der Waals surface area contributed by atoms with Crippen LogP contribution in [0.15, 0.2) is 11.8 Å². The quantitative estimate of drug-likeness (QED) is 0.516. The lowest BCUT2D eigenvalue weighted by atomic mass is 10.2. The number of nitrogens with zero attached hydrogens (tertiary/aromatic N) is 1. The van der Waals surface area contributed by atoms with E-state index in [2.05, 4.69) is 0 Å². The van der Waals surface area contributed by atoms with E-state index in [1.807, 2.05) is 11.9 Å². The lowest BCUT2D eigenvalue weighted by Crippen LogP contribution is -2.31. The Labute approximate surface area is 60.3 Å². The highest BCUT2D eigenvalue weighted by atomic mass is 16.5. The average molecular weight is 141 g/mol. The minimum atomic E-state index is 0.116. The number of hydrogen-bond donors (Lipinski definition) is 0. The van der Waals surface area contributed by atoms with Crippen LogP contribution in [0.2, 0.25) is 0 Å². The van der Waals surface area contributed by atoms with Crippen LogP contribution in [0.25, 0.3) is 0 Å². The van der Waals surface area contributed by atoms with E-state index in [9.17, 15) is 4.79 Å². The Hall–Kier alpha value is -0.830. The molecular weight excluding hydrogens is 130 g/mol. The van der Waals surface area contributed by atoms with Gasteiger partial charge in [0.15, 0.2) is 5.78 Å². The van der Waals surface area contributed by atoms with Crippen molar-refractivity contribution in [1.82, 2.24) is 4.90 Å². The summed E-state index contributed by atoms with van der Waals surface area (Å²) >= 11 is 0. The second-order valence-electron chi connectivity index (χ2n) is 2.45. The predicted octanol–water partition coefficient (Wildman–Crippen LogP) is 0.0312. The molecule has 0 spiro atoms. The molecule has 0 amide bonds. The lowest BCUT2D eigenvalue weighted by molar-refractivity contribution is -0.116. The molecule has 1 aliphatic rings. The number of carbonyl (C=O) groups is 1. The average Bonchev–Trinajstić information content (AvgIpc) is 1.85. The molecule has 0 atom stereocenters. The third kappa shape index (κ3) is 1.57. The first kappa shape index (κ1) is 7.28. The third-order valence-electron chi connectivity index (χ3n) is 1.44. The molecule has 0 saturated heterocycles. The molecule has 3 nitrogen and oxygen atoms in total. The first-order valence-corrected chi connectivity index (χ1v) is 3.18. The summed E-state index contributed by atoms with van der Waals surface area (Å²) in [5.41, 5.74) is 0. The van der Waals surface area contributed by atoms with Crippen LogP contribution in [0, 0.1) is 0 Å². The van der Waals surface area contributed by atoms with E-state index in [0.717, 1.165) is 12.3 Å². The van der Waals surface area contributed by atoms with Crippen molar-refractivity contribution >= 4 is 5.78 Å². The normalized spacial score (nSPS) is 20.6. The van der Waals surface area contributed by atoms with Gasteiger partial charge in [-0.2, -0.15) is 0 Å². The van der Waals surface area contributed by atoms with Crippen LogP contribution in [0.4, 0.5) is 0 Å². The van der Waals surface area contributed by atoms with Gasteiger partial charge in [-0.3, -0.25) is 9.69 Å². The highest BCUT2D eigenvalue weighted by molar-refractivity contribution is 5.92. The van der Waals surface area contributed by atoms with Crippen LogP contribution < -0.4 is 0 Å². The van der Waals surface area contributed by atoms with Crippen LogP contribution >= 0.6 is 0 Å². The molecule has 0 aliphatic carbocycles. The fourth-order valence-corrected chi connectivity index (χ4v) is 0.982. The first-order chi connectivity index (χ1) is 4.72. The van der Waals surface area contributed by atoms with Crippen molar-refractivity contribution in [3.63, 3.8) is 0 Å². The zero-order valence-electron chi connectivity index (χ0n) is 6.26. The van der Waals surface area contributed by atoms with Crippen molar-refractivity contribution in [2.24, 2.45) is 0 Å². The maximum Gasteiger partial charge on any atom is 0.173 e. The van der Waals surface area contributed by atoms with Crippen LogP contribution in [0.5, 0.6) is 0 Å². The van der Waals surface area contributed by atoms with E-state index in [-0.39, 0.29) is 5.78 Å². The van der Waals surface area contributed by atoms with Gasteiger partial charge >= 0.3 is 0 Å². The summed E-state index contributed by atoms with van der Waals surface area (Å²) in [5.74, 6) is 0.865. The highest BCUT2D eigenvalue weighted by Gasteiger charge is 2.13. The van der Waals surface area contributed by atoms with E-state index in [4.69, 9.17) is 4.74 Å². The fraction of sp³-hybridized carbons (Fsp3) is 0.571. The molecule has 3 heteroatoms. The number of ketones is 1. The van der Waals surface area contributed by atoms with Gasteiger partial charge in [-0.05, 0) is 7.05 Å². The van der Waals surface area contributed by atoms with Crippen molar-refractivity contribution in [1.29, 1.82) is 0 Å². The Balaban J connectivity index is 2.65. The minimum absolute atomic E-state index is 0.116. The molecule has 10 heavy (non-hydrogen) atoms. The van der Waals surface area contributed by atoms with Gasteiger partial charge in [-0.25, -0.2) is 0 Å². The van der Waals surface area contributed by atoms with Gasteiger partial charge in [0.25, 0.3) is 0 Å². The Morgan fingerprint density at radius 1 is 1.60 bits per heavy atom. The zero-order chi connectivity index (χ0) is 7.56. The smallest absolute Gasteiger partial charge is 0.173 e. The topological polar surface area (TPSA) is 29.5 Å². The van der Waals surface area contributed by atoms with Crippen LogP contribution in [0.3, 0.4) is 0 Å². The molecule has 0 aromatic carbocycles. The minimum Gasteiger partial charge on any atom is -0.500 e. The fourth-order valence-electron chi connectivity index (χ4n) is 0.982. The van der Waals surface area contributed by atoms with Crippen molar-refractivity contribution in [2.75, 3.05) is 27.2 Å². The van der Waals surface area contributed by atoms with Crippen molar-refractivity contribution < 1.29 is 9.53 Å². The number of methoxy groups -OCH3 is 1. The van der Waals surface area contributed by atoms with Crippen molar-refractivity contribution in [3.05, 3.63) is 11.8 Å². The predicted molar refractivity (Wildman–Crippen MR) is 37.6 cm³/mol. The summed E-state index contributed by atoms with van der Waals surface area (Å²) in [6.45, 7) is 1.25. The number of ether oxygens (including phenoxy) is 1. The van der Waals surface area contributed by atoms with Crippen LogP contribution in [0.1, 0.15) is 0 Å². The van der Waals surface area contributed by atoms with Crippen LogP contribution in [-0.4, -0.2) is 37.9 Å². The van der Waals surface area contributed by atoms with E-state index < -0.39 is 0 Å². The van der Waals surface area contributed by atoms with E-state index in [0.29, 0.717) is 6.54 Å². The molecule has 0 N–H and O–H groups in total. The maximum absolute atomic E-state index is 10.8. The van der Waals surface area contributed by atoms with Gasteiger partial charge in [0.05, 0.1) is 20.2 Å². The van der Waals surface area contributed by atoms with Gasteiger partial charge in [0, 0.05) is 6.08 Å². The molecule has 0 unspecified atom stereocenters. The monoisotopic (exact) mass is 141 g/mol. The number of rotatable bonds is 1. The molecule has 56 valence electrons. The summed E-state index contributed by atoms with van der Waals surface area (Å²) in [6, 6.07) is 0. The first-order valence-electron chi connectivity index (χ1n) is 3.18. The largest absolute Gasteiger partial charge is 0.500 e. The van der Waals surface area contributed by atoms with Gasteiger partial charge < -0.3 is 4.74 Å². The lowest BCUT2D eigenvalue weighted by Gasteiger charge is -2.20. The molecule has 0 radical (unpaired) electrons. The van der Waals surface area contributed by atoms with Gasteiger partial charge in [-0.1, -0.05) is 0 Å². The van der Waals surface area contributed by atoms with E-state index in [1.54, 1.807) is 13.2 Å². The molecule has 1 rings (SSSR count). The molecule has 0 fully saturated rings. The summed E-state index contributed by atoms with van der Waals surface area (Å²) in [6.07, 6.45) is 1.56. The zero-order valence-corrected chi connectivity index (χ0v) is 6.26. The summed E-state index contributed by atoms with van der Waals surface area (Å²) in [7, 11) is 3.47. The van der Waals surface area contributed by atoms with Crippen molar-refractivity contribution in [2.45, 2.75) is 0 Å². The summed E-state index contributed by atoms with van der Waals surface area (Å²) in [5, 5.41) is 0. The van der Waals surface area contributed by atoms with E-state index in [1.165, 1.54) is 0 Å². The van der Waals surface area contributed by atoms with Gasteiger partial charge in [0.1, 0.15) is 5.76 Å². The highest BCUT2D eigenvalue weighted by Crippen LogP contribution is 2.04. The summed E-state index contributed by atoms with van der Waals surface area (Å²) < 4.78 is 4.93. The standard InChI is InChI=1S/C7H11NO2/c1-8-4-6(9)3-7(5-8)10-2/h3H,4-5H2,1-2H3. The molecular formula is C7H11NO2. The van der Waals surface area contributed by atoms with E-state index >= 15 is 0 Å². The third-order valence-corrected chi connectivity index (χ3v) is 1.44. The Kier molecular flexibility index (Phi) is 2.06. The van der Waals surface area contributed by atoms with Gasteiger partial charge in [-0.15, -0.1) is 0 Å². The molecule has 0 saturated carbocycles. The second-order valence-corrected chi connectivity index (χ2v) is 2.45. The van der Waals surface area contributed by atoms with Crippen LogP contribution in [-0.2, 0) is 9.53 Å². The Morgan fingerprint density at radius 2 is 2.30 bits per heavy atom. The number of hydrogen-bond acceptors (Lipinski definition) is 3. The Bertz CT molecular complexity index is 174. The number of carbonyl (C=O) groups excluding carboxylic acids is 1. The maximum atomic E-state index is 10.8.